The number of amides is 1. The SMILES string of the molecule is C[C@@H]1C[NH+](CC(=O)NC2CCCCC2)C[C@@H](C)O1. The second-order valence-electron chi connectivity index (χ2n) is 5.99. The first-order chi connectivity index (χ1) is 8.63. The topological polar surface area (TPSA) is 42.8 Å². The maximum atomic E-state index is 12.0. The van der Waals surface area contributed by atoms with Crippen molar-refractivity contribution < 1.29 is 14.4 Å². The zero-order chi connectivity index (χ0) is 13.0. The van der Waals surface area contributed by atoms with E-state index in [0.29, 0.717) is 12.6 Å². The van der Waals surface area contributed by atoms with Gasteiger partial charge in [-0.1, -0.05) is 19.3 Å². The fourth-order valence-electron chi connectivity index (χ4n) is 3.29. The van der Waals surface area contributed by atoms with E-state index in [4.69, 9.17) is 4.74 Å². The summed E-state index contributed by atoms with van der Waals surface area (Å²) in [5.41, 5.74) is 0. The summed E-state index contributed by atoms with van der Waals surface area (Å²) in [5, 5.41) is 3.20. The van der Waals surface area contributed by atoms with E-state index in [-0.39, 0.29) is 18.1 Å². The summed E-state index contributed by atoms with van der Waals surface area (Å²) in [4.78, 5) is 13.4. The minimum atomic E-state index is 0.221. The van der Waals surface area contributed by atoms with Crippen molar-refractivity contribution in [3.8, 4) is 0 Å². The molecule has 104 valence electrons. The summed E-state index contributed by atoms with van der Waals surface area (Å²) in [6, 6.07) is 0.432. The van der Waals surface area contributed by atoms with Gasteiger partial charge in [0.1, 0.15) is 25.3 Å². The third-order valence-corrected chi connectivity index (χ3v) is 4.00. The van der Waals surface area contributed by atoms with Crippen LogP contribution in [-0.4, -0.2) is 43.8 Å². The highest BCUT2D eigenvalue weighted by molar-refractivity contribution is 5.77. The van der Waals surface area contributed by atoms with E-state index in [1.54, 1.807) is 0 Å². The summed E-state index contributed by atoms with van der Waals surface area (Å²) in [6.07, 6.45) is 6.73. The van der Waals surface area contributed by atoms with Crippen LogP contribution in [0.3, 0.4) is 0 Å². The van der Waals surface area contributed by atoms with Crippen LogP contribution in [0.5, 0.6) is 0 Å². The van der Waals surface area contributed by atoms with Crippen molar-refractivity contribution >= 4 is 5.91 Å². The molecule has 4 nitrogen and oxygen atoms in total. The lowest BCUT2D eigenvalue weighted by Crippen LogP contribution is -3.16. The van der Waals surface area contributed by atoms with Crippen LogP contribution in [0.2, 0.25) is 0 Å². The van der Waals surface area contributed by atoms with Crippen LogP contribution < -0.4 is 10.2 Å². The Hall–Kier alpha value is -0.610. The summed E-state index contributed by atoms with van der Waals surface area (Å²) in [7, 11) is 0. The van der Waals surface area contributed by atoms with E-state index >= 15 is 0 Å². The van der Waals surface area contributed by atoms with Crippen LogP contribution in [0.25, 0.3) is 0 Å². The minimum absolute atomic E-state index is 0.221. The lowest BCUT2D eigenvalue weighted by Gasteiger charge is -2.32. The number of nitrogens with one attached hydrogen (secondary N) is 2. The third-order valence-electron chi connectivity index (χ3n) is 4.00. The van der Waals surface area contributed by atoms with Crippen molar-refractivity contribution in [1.82, 2.24) is 5.32 Å². The molecule has 2 fully saturated rings. The Morgan fingerprint density at radius 1 is 1.17 bits per heavy atom. The molecule has 2 N–H and O–H groups in total. The highest BCUT2D eigenvalue weighted by atomic mass is 16.5. The van der Waals surface area contributed by atoms with E-state index in [2.05, 4.69) is 19.2 Å². The Balaban J connectivity index is 1.72. The average molecular weight is 255 g/mol. The monoisotopic (exact) mass is 255 g/mol. The van der Waals surface area contributed by atoms with Gasteiger partial charge in [-0.25, -0.2) is 0 Å². The van der Waals surface area contributed by atoms with Crippen LogP contribution in [0.15, 0.2) is 0 Å². The first-order valence-corrected chi connectivity index (χ1v) is 7.42. The number of carbonyl (C=O) groups excluding carboxylic acids is 1. The van der Waals surface area contributed by atoms with Gasteiger partial charge in [-0.05, 0) is 26.7 Å². The molecule has 0 spiro atoms. The van der Waals surface area contributed by atoms with E-state index in [0.717, 1.165) is 25.9 Å². The van der Waals surface area contributed by atoms with Gasteiger partial charge < -0.3 is 15.0 Å². The molecule has 0 unspecified atom stereocenters. The van der Waals surface area contributed by atoms with Gasteiger partial charge in [0.2, 0.25) is 0 Å². The molecule has 1 aliphatic heterocycles. The van der Waals surface area contributed by atoms with Gasteiger partial charge in [-0.3, -0.25) is 4.79 Å². The molecule has 0 aromatic heterocycles. The minimum Gasteiger partial charge on any atom is -0.364 e. The second kappa shape index (κ2) is 6.53. The molecule has 1 heterocycles. The Kier molecular flexibility index (Phi) is 5.01. The average Bonchev–Trinajstić information content (AvgIpc) is 2.28. The van der Waals surface area contributed by atoms with E-state index in [9.17, 15) is 4.79 Å². The molecule has 0 bridgehead atoms. The fourth-order valence-corrected chi connectivity index (χ4v) is 3.29. The number of ether oxygens (including phenoxy) is 1. The first kappa shape index (κ1) is 13.8. The Bertz CT molecular complexity index is 267. The van der Waals surface area contributed by atoms with Crippen LogP contribution in [0, 0.1) is 0 Å². The zero-order valence-electron chi connectivity index (χ0n) is 11.7. The van der Waals surface area contributed by atoms with Crippen LogP contribution >= 0.6 is 0 Å². The van der Waals surface area contributed by atoms with Gasteiger partial charge in [0, 0.05) is 6.04 Å². The second-order valence-corrected chi connectivity index (χ2v) is 5.99. The molecule has 0 radical (unpaired) electrons. The van der Waals surface area contributed by atoms with Crippen molar-refractivity contribution in [3.05, 3.63) is 0 Å². The molecule has 2 atom stereocenters. The summed E-state index contributed by atoms with van der Waals surface area (Å²) in [6.45, 7) is 6.68. The van der Waals surface area contributed by atoms with Crippen LogP contribution in [0.1, 0.15) is 46.0 Å². The summed E-state index contributed by atoms with van der Waals surface area (Å²) < 4.78 is 5.70. The number of carbonyl (C=O) groups is 1. The molecule has 1 amide bonds. The molecule has 2 rings (SSSR count). The maximum Gasteiger partial charge on any atom is 0.275 e. The van der Waals surface area contributed by atoms with E-state index < -0.39 is 0 Å². The van der Waals surface area contributed by atoms with Gasteiger partial charge in [0.15, 0.2) is 6.54 Å². The van der Waals surface area contributed by atoms with Crippen molar-refractivity contribution in [1.29, 1.82) is 0 Å². The van der Waals surface area contributed by atoms with Gasteiger partial charge in [0.05, 0.1) is 0 Å². The largest absolute Gasteiger partial charge is 0.364 e. The lowest BCUT2D eigenvalue weighted by atomic mass is 9.95. The predicted molar refractivity (Wildman–Crippen MR) is 70.6 cm³/mol. The summed E-state index contributed by atoms with van der Waals surface area (Å²) in [5.74, 6) is 0.221. The Morgan fingerprint density at radius 2 is 1.78 bits per heavy atom. The Morgan fingerprint density at radius 3 is 2.39 bits per heavy atom. The summed E-state index contributed by atoms with van der Waals surface area (Å²) >= 11 is 0. The van der Waals surface area contributed by atoms with Gasteiger partial charge in [0.25, 0.3) is 5.91 Å². The Labute approximate surface area is 110 Å². The fraction of sp³-hybridized carbons (Fsp3) is 0.929. The van der Waals surface area contributed by atoms with Crippen molar-refractivity contribution in [3.63, 3.8) is 0 Å². The molecule has 1 saturated carbocycles. The lowest BCUT2D eigenvalue weighted by molar-refractivity contribution is -0.907. The molecule has 4 heteroatoms. The predicted octanol–water partition coefficient (Wildman–Crippen LogP) is 0.127. The molecular formula is C14H27N2O2+. The number of morpholine rings is 1. The van der Waals surface area contributed by atoms with Crippen molar-refractivity contribution in [2.75, 3.05) is 19.6 Å². The molecule has 0 aromatic carbocycles. The number of quaternary nitrogens is 1. The van der Waals surface area contributed by atoms with E-state index in [1.807, 2.05) is 0 Å². The third kappa shape index (κ3) is 4.25. The molecule has 0 aromatic rings. The molecule has 1 aliphatic carbocycles. The molecular weight excluding hydrogens is 228 g/mol. The van der Waals surface area contributed by atoms with E-state index in [1.165, 1.54) is 24.2 Å². The van der Waals surface area contributed by atoms with Crippen molar-refractivity contribution in [2.45, 2.75) is 64.2 Å². The number of hydrogen-bond acceptors (Lipinski definition) is 2. The quantitative estimate of drug-likeness (QED) is 0.753. The molecule has 18 heavy (non-hydrogen) atoms. The molecule has 2 aliphatic rings. The normalized spacial score (nSPS) is 34.2. The highest BCUT2D eigenvalue weighted by Crippen LogP contribution is 2.16. The maximum absolute atomic E-state index is 12.0. The zero-order valence-corrected chi connectivity index (χ0v) is 11.7. The van der Waals surface area contributed by atoms with Gasteiger partial charge in [-0.15, -0.1) is 0 Å². The van der Waals surface area contributed by atoms with Crippen LogP contribution in [0.4, 0.5) is 0 Å². The van der Waals surface area contributed by atoms with Crippen molar-refractivity contribution in [2.24, 2.45) is 0 Å². The van der Waals surface area contributed by atoms with Crippen LogP contribution in [-0.2, 0) is 9.53 Å². The van der Waals surface area contributed by atoms with Gasteiger partial charge >= 0.3 is 0 Å². The molecule has 1 saturated heterocycles. The first-order valence-electron chi connectivity index (χ1n) is 7.42. The highest BCUT2D eigenvalue weighted by Gasteiger charge is 2.27. The smallest absolute Gasteiger partial charge is 0.275 e. The number of rotatable bonds is 3. The number of hydrogen-bond donors (Lipinski definition) is 2. The van der Waals surface area contributed by atoms with Gasteiger partial charge in [-0.2, -0.15) is 0 Å². The standard InChI is InChI=1S/C14H26N2O2/c1-11-8-16(9-12(2)18-11)10-14(17)15-13-6-4-3-5-7-13/h11-13H,3-10H2,1-2H3,(H,15,17)/p+1/t11-,12-/m1/s1.